The molecule has 24 heavy (non-hydrogen) atoms. The topological polar surface area (TPSA) is 149 Å². The molecule has 0 aromatic rings. The van der Waals surface area contributed by atoms with Gasteiger partial charge in [-0.2, -0.15) is 0 Å². The summed E-state index contributed by atoms with van der Waals surface area (Å²) in [5.41, 5.74) is 0. The maximum Gasteiger partial charge on any atom is 0.311 e. The van der Waals surface area contributed by atoms with Gasteiger partial charge in [-0.1, -0.05) is 12.2 Å². The summed E-state index contributed by atoms with van der Waals surface area (Å²) in [6.45, 7) is 0. The van der Waals surface area contributed by atoms with E-state index in [1.165, 1.54) is 6.08 Å². The van der Waals surface area contributed by atoms with E-state index in [0.717, 1.165) is 0 Å². The SMILES string of the molecule is O=C(O)C1C=CCCC1C(=O)O.O=C(O)C1CCC(C(=O)O)CC1. The smallest absolute Gasteiger partial charge is 0.311 e. The van der Waals surface area contributed by atoms with Crippen LogP contribution in [-0.2, 0) is 19.2 Å². The first kappa shape index (κ1) is 19.7. The number of hydrogen-bond donors (Lipinski definition) is 4. The largest absolute Gasteiger partial charge is 0.481 e. The molecule has 0 spiro atoms. The van der Waals surface area contributed by atoms with Crippen molar-refractivity contribution in [3.8, 4) is 0 Å². The third kappa shape index (κ3) is 5.68. The van der Waals surface area contributed by atoms with Gasteiger partial charge >= 0.3 is 23.9 Å². The van der Waals surface area contributed by atoms with E-state index < -0.39 is 35.7 Å². The van der Waals surface area contributed by atoms with Gasteiger partial charge in [-0.15, -0.1) is 0 Å². The Labute approximate surface area is 138 Å². The highest BCUT2D eigenvalue weighted by molar-refractivity contribution is 5.81. The zero-order chi connectivity index (χ0) is 18.3. The van der Waals surface area contributed by atoms with Crippen molar-refractivity contribution in [2.45, 2.75) is 38.5 Å². The molecule has 2 rings (SSSR count). The van der Waals surface area contributed by atoms with E-state index in [1.54, 1.807) is 6.08 Å². The Balaban J connectivity index is 0.000000240. The molecule has 134 valence electrons. The fraction of sp³-hybridized carbons (Fsp3) is 0.625. The van der Waals surface area contributed by atoms with Crippen molar-refractivity contribution in [2.24, 2.45) is 23.7 Å². The number of aliphatic carboxylic acids is 4. The molecule has 0 saturated heterocycles. The molecule has 1 fully saturated rings. The first-order valence-corrected chi connectivity index (χ1v) is 7.82. The highest BCUT2D eigenvalue weighted by Gasteiger charge is 2.32. The van der Waals surface area contributed by atoms with Crippen LogP contribution in [0.5, 0.6) is 0 Å². The van der Waals surface area contributed by atoms with E-state index in [0.29, 0.717) is 38.5 Å². The van der Waals surface area contributed by atoms with Crippen molar-refractivity contribution in [2.75, 3.05) is 0 Å². The van der Waals surface area contributed by atoms with Crippen LogP contribution >= 0.6 is 0 Å². The number of hydrogen-bond acceptors (Lipinski definition) is 4. The van der Waals surface area contributed by atoms with E-state index in [-0.39, 0.29) is 11.8 Å². The summed E-state index contributed by atoms with van der Waals surface area (Å²) in [6.07, 6.45) is 6.28. The molecular formula is C16H22O8. The Morgan fingerprint density at radius 3 is 1.42 bits per heavy atom. The molecule has 8 heteroatoms. The maximum atomic E-state index is 10.6. The van der Waals surface area contributed by atoms with Crippen molar-refractivity contribution >= 4 is 23.9 Å². The first-order valence-electron chi connectivity index (χ1n) is 7.82. The van der Waals surface area contributed by atoms with Gasteiger partial charge in [0.1, 0.15) is 0 Å². The average molecular weight is 342 g/mol. The van der Waals surface area contributed by atoms with Crippen LogP contribution in [-0.4, -0.2) is 44.3 Å². The van der Waals surface area contributed by atoms with Gasteiger partial charge in [0.05, 0.1) is 23.7 Å². The van der Waals surface area contributed by atoms with Crippen molar-refractivity contribution in [3.63, 3.8) is 0 Å². The number of rotatable bonds is 4. The van der Waals surface area contributed by atoms with Crippen LogP contribution in [0.15, 0.2) is 12.2 Å². The first-order chi connectivity index (χ1) is 11.2. The number of carboxylic acid groups (broad SMARTS) is 4. The lowest BCUT2D eigenvalue weighted by molar-refractivity contribution is -0.152. The predicted molar refractivity (Wildman–Crippen MR) is 81.3 cm³/mol. The molecule has 0 heterocycles. The van der Waals surface area contributed by atoms with Crippen LogP contribution in [0, 0.1) is 23.7 Å². The van der Waals surface area contributed by atoms with Crippen LogP contribution in [0.1, 0.15) is 38.5 Å². The standard InChI is InChI=1S/C8H12O4.C8H10O4/c9-7(10)5-1-2-6(4-3-5)8(11)12;9-7(10)5-3-1-2-4-6(5)8(11)12/h5-6H,1-4H2,(H,9,10)(H,11,12);1,3,5-6H,2,4H2,(H,9,10)(H,11,12). The average Bonchev–Trinajstić information content (AvgIpc) is 2.55. The fourth-order valence-corrected chi connectivity index (χ4v) is 2.95. The van der Waals surface area contributed by atoms with Crippen molar-refractivity contribution in [1.82, 2.24) is 0 Å². The molecule has 2 aliphatic carbocycles. The monoisotopic (exact) mass is 342 g/mol. The number of carbonyl (C=O) groups is 4. The summed E-state index contributed by atoms with van der Waals surface area (Å²) in [5, 5.41) is 34.5. The van der Waals surface area contributed by atoms with Crippen molar-refractivity contribution in [3.05, 3.63) is 12.2 Å². The minimum Gasteiger partial charge on any atom is -0.481 e. The lowest BCUT2D eigenvalue weighted by atomic mass is 9.82. The minimum atomic E-state index is -1.06. The third-order valence-corrected chi connectivity index (χ3v) is 4.45. The van der Waals surface area contributed by atoms with Gasteiger partial charge in [0, 0.05) is 0 Å². The van der Waals surface area contributed by atoms with Gasteiger partial charge in [0.2, 0.25) is 0 Å². The molecule has 1 saturated carbocycles. The van der Waals surface area contributed by atoms with Gasteiger partial charge in [-0.3, -0.25) is 19.2 Å². The highest BCUT2D eigenvalue weighted by Crippen LogP contribution is 2.28. The highest BCUT2D eigenvalue weighted by atomic mass is 16.4. The van der Waals surface area contributed by atoms with Gasteiger partial charge in [0.25, 0.3) is 0 Å². The van der Waals surface area contributed by atoms with E-state index in [4.69, 9.17) is 20.4 Å². The molecule has 0 bridgehead atoms. The summed E-state index contributed by atoms with van der Waals surface area (Å²) in [7, 11) is 0. The van der Waals surface area contributed by atoms with E-state index in [1.807, 2.05) is 0 Å². The molecule has 0 aromatic heterocycles. The third-order valence-electron chi connectivity index (χ3n) is 4.45. The number of carboxylic acids is 4. The minimum absolute atomic E-state index is 0.319. The summed E-state index contributed by atoms with van der Waals surface area (Å²) >= 11 is 0. The second-order valence-electron chi connectivity index (χ2n) is 6.04. The lowest BCUT2D eigenvalue weighted by Crippen LogP contribution is -2.30. The van der Waals surface area contributed by atoms with Gasteiger partial charge in [-0.25, -0.2) is 0 Å². The summed E-state index contributed by atoms with van der Waals surface area (Å²) in [4.78, 5) is 42.1. The van der Waals surface area contributed by atoms with Crippen LogP contribution in [0.3, 0.4) is 0 Å². The van der Waals surface area contributed by atoms with Crippen LogP contribution in [0.2, 0.25) is 0 Å². The van der Waals surface area contributed by atoms with E-state index in [9.17, 15) is 19.2 Å². The molecule has 0 radical (unpaired) electrons. The predicted octanol–water partition coefficient (Wildman–Crippen LogP) is 1.70. The molecule has 2 atom stereocenters. The summed E-state index contributed by atoms with van der Waals surface area (Å²) < 4.78 is 0. The Kier molecular flexibility index (Phi) is 7.41. The van der Waals surface area contributed by atoms with Crippen LogP contribution in [0.25, 0.3) is 0 Å². The lowest BCUT2D eigenvalue weighted by Gasteiger charge is -2.22. The normalized spacial score (nSPS) is 29.0. The Hall–Kier alpha value is -2.38. The van der Waals surface area contributed by atoms with Crippen molar-refractivity contribution < 1.29 is 39.6 Å². The molecule has 8 nitrogen and oxygen atoms in total. The Morgan fingerprint density at radius 1 is 0.667 bits per heavy atom. The maximum absolute atomic E-state index is 10.6. The van der Waals surface area contributed by atoms with Gasteiger partial charge < -0.3 is 20.4 Å². The van der Waals surface area contributed by atoms with Crippen LogP contribution < -0.4 is 0 Å². The molecular weight excluding hydrogens is 320 g/mol. The second-order valence-corrected chi connectivity index (χ2v) is 6.04. The summed E-state index contributed by atoms with van der Waals surface area (Å²) in [6, 6.07) is 0. The molecule has 0 aliphatic heterocycles. The van der Waals surface area contributed by atoms with E-state index in [2.05, 4.69) is 0 Å². The second kappa shape index (κ2) is 9.05. The van der Waals surface area contributed by atoms with Crippen LogP contribution in [0.4, 0.5) is 0 Å². The Morgan fingerprint density at radius 2 is 1.12 bits per heavy atom. The van der Waals surface area contributed by atoms with Crippen molar-refractivity contribution in [1.29, 1.82) is 0 Å². The molecule has 2 aliphatic rings. The molecule has 0 amide bonds. The fourth-order valence-electron chi connectivity index (χ4n) is 2.95. The molecule has 4 N–H and O–H groups in total. The Bertz CT molecular complexity index is 494. The zero-order valence-corrected chi connectivity index (χ0v) is 13.1. The summed E-state index contributed by atoms with van der Waals surface area (Å²) in [5.74, 6) is -5.91. The zero-order valence-electron chi connectivity index (χ0n) is 13.1. The van der Waals surface area contributed by atoms with Gasteiger partial charge in [0.15, 0.2) is 0 Å². The van der Waals surface area contributed by atoms with Gasteiger partial charge in [-0.05, 0) is 38.5 Å². The number of allylic oxidation sites excluding steroid dienone is 1. The molecule has 0 aromatic carbocycles. The molecule has 2 unspecified atom stereocenters. The van der Waals surface area contributed by atoms with E-state index >= 15 is 0 Å². The quantitative estimate of drug-likeness (QED) is 0.564.